The molecule has 0 atom stereocenters. The van der Waals surface area contributed by atoms with E-state index in [1.54, 1.807) is 24.3 Å². The summed E-state index contributed by atoms with van der Waals surface area (Å²) in [4.78, 5) is 0. The summed E-state index contributed by atoms with van der Waals surface area (Å²) in [6.07, 6.45) is 1.36. The molecule has 0 aliphatic heterocycles. The number of pyridine rings is 1. The summed E-state index contributed by atoms with van der Waals surface area (Å²) in [6, 6.07) is 8.41. The van der Waals surface area contributed by atoms with Gasteiger partial charge in [0, 0.05) is 25.5 Å². The molecule has 4 heteroatoms. The number of aromatic hydroxyl groups is 1. The molecule has 0 aliphatic carbocycles. The van der Waals surface area contributed by atoms with Crippen molar-refractivity contribution in [3.8, 4) is 5.75 Å². The maximum atomic E-state index is 11.2. The summed E-state index contributed by atoms with van der Waals surface area (Å²) >= 11 is 0. The Morgan fingerprint density at radius 1 is 1.15 bits per heavy atom. The van der Waals surface area contributed by atoms with E-state index in [4.69, 9.17) is 0 Å². The number of aromatic nitrogens is 1. The first-order chi connectivity index (χ1) is 5.79. The van der Waals surface area contributed by atoms with Crippen LogP contribution in [0.2, 0.25) is 0 Å². The molecule has 1 aromatic carbocycles. The third kappa shape index (κ3) is 1.63. The average molecular weight is 227 g/mol. The minimum atomic E-state index is 0. The van der Waals surface area contributed by atoms with Crippen LogP contribution < -0.4 is 4.73 Å². The standard InChI is InChI=1S/C9H7NO2.Zn/c11-8-5-1-3-7-4-2-6-10(12)9(7)8;/h1-6,11H;. The van der Waals surface area contributed by atoms with Crippen LogP contribution in [0.5, 0.6) is 5.75 Å². The molecule has 0 amide bonds. The Morgan fingerprint density at radius 3 is 2.54 bits per heavy atom. The van der Waals surface area contributed by atoms with E-state index in [-0.39, 0.29) is 25.2 Å². The van der Waals surface area contributed by atoms with E-state index in [0.29, 0.717) is 10.2 Å². The topological polar surface area (TPSA) is 47.2 Å². The Bertz CT molecular complexity index is 394. The average Bonchev–Trinajstić information content (AvgIpc) is 2.04. The molecule has 62 valence electrons. The van der Waals surface area contributed by atoms with Gasteiger partial charge in [0.05, 0.1) is 5.39 Å². The number of hydrogen-bond donors (Lipinski definition) is 1. The molecule has 0 saturated heterocycles. The molecule has 0 spiro atoms. The van der Waals surface area contributed by atoms with E-state index in [9.17, 15) is 10.3 Å². The van der Waals surface area contributed by atoms with Crippen molar-refractivity contribution in [1.29, 1.82) is 0 Å². The fourth-order valence-electron chi connectivity index (χ4n) is 1.22. The molecule has 0 aliphatic rings. The smallest absolute Gasteiger partial charge is 0.265 e. The van der Waals surface area contributed by atoms with Crippen LogP contribution in [0.1, 0.15) is 0 Å². The summed E-state index contributed by atoms with van der Waals surface area (Å²) in [5, 5.41) is 21.2. The maximum Gasteiger partial charge on any atom is 0.265 e. The molecule has 1 aromatic heterocycles. The van der Waals surface area contributed by atoms with Gasteiger partial charge < -0.3 is 10.3 Å². The zero-order chi connectivity index (χ0) is 8.55. The molecule has 0 unspecified atom stereocenters. The fraction of sp³-hybridized carbons (Fsp3) is 0. The fourth-order valence-corrected chi connectivity index (χ4v) is 1.22. The van der Waals surface area contributed by atoms with Gasteiger partial charge in [0.1, 0.15) is 0 Å². The Hall–Kier alpha value is -1.15. The van der Waals surface area contributed by atoms with E-state index in [0.717, 1.165) is 5.39 Å². The van der Waals surface area contributed by atoms with Gasteiger partial charge in [-0.25, -0.2) is 0 Å². The third-order valence-corrected chi connectivity index (χ3v) is 1.76. The molecule has 1 heterocycles. The number of para-hydroxylation sites is 1. The molecule has 0 bridgehead atoms. The van der Waals surface area contributed by atoms with Gasteiger partial charge in [-0.05, 0) is 18.2 Å². The Balaban J connectivity index is 0.000000845. The first-order valence-corrected chi connectivity index (χ1v) is 3.59. The van der Waals surface area contributed by atoms with E-state index in [1.807, 2.05) is 0 Å². The molecule has 3 nitrogen and oxygen atoms in total. The number of hydrogen-bond acceptors (Lipinski definition) is 2. The van der Waals surface area contributed by atoms with Crippen molar-refractivity contribution in [3.63, 3.8) is 0 Å². The van der Waals surface area contributed by atoms with Crippen molar-refractivity contribution in [2.24, 2.45) is 0 Å². The molecular weight excluding hydrogens is 219 g/mol. The Morgan fingerprint density at radius 2 is 1.85 bits per heavy atom. The SMILES string of the molecule is [O-][n+]1cccc2cccc(O)c21.[Zn]. The Labute approximate surface area is 88.0 Å². The van der Waals surface area contributed by atoms with Crippen LogP contribution in [-0.2, 0) is 19.5 Å². The molecular formula is C9H7NO2Zn. The largest absolute Gasteiger partial charge is 0.618 e. The molecule has 1 N–H and O–H groups in total. The van der Waals surface area contributed by atoms with Gasteiger partial charge >= 0.3 is 0 Å². The van der Waals surface area contributed by atoms with E-state index in [2.05, 4.69) is 0 Å². The quantitative estimate of drug-likeness (QED) is 0.417. The second-order valence-corrected chi connectivity index (χ2v) is 2.55. The van der Waals surface area contributed by atoms with Crippen LogP contribution in [0.3, 0.4) is 0 Å². The molecule has 0 radical (unpaired) electrons. The van der Waals surface area contributed by atoms with Crippen LogP contribution in [0, 0.1) is 5.21 Å². The monoisotopic (exact) mass is 225 g/mol. The van der Waals surface area contributed by atoms with Crippen LogP contribution in [0.15, 0.2) is 36.5 Å². The minimum Gasteiger partial charge on any atom is -0.618 e. The van der Waals surface area contributed by atoms with Crippen molar-refractivity contribution >= 4 is 10.9 Å². The first kappa shape index (κ1) is 9.94. The predicted molar refractivity (Wildman–Crippen MR) is 44.6 cm³/mol. The van der Waals surface area contributed by atoms with Gasteiger partial charge in [0.15, 0.2) is 11.9 Å². The second kappa shape index (κ2) is 3.71. The molecule has 2 rings (SSSR count). The van der Waals surface area contributed by atoms with Gasteiger partial charge in [-0.1, -0.05) is 6.07 Å². The zero-order valence-electron chi connectivity index (χ0n) is 6.97. The van der Waals surface area contributed by atoms with Crippen molar-refractivity contribution in [2.75, 3.05) is 0 Å². The van der Waals surface area contributed by atoms with E-state index >= 15 is 0 Å². The van der Waals surface area contributed by atoms with Gasteiger partial charge in [-0.15, -0.1) is 0 Å². The summed E-state index contributed by atoms with van der Waals surface area (Å²) in [5.41, 5.74) is 0.319. The van der Waals surface area contributed by atoms with Crippen LogP contribution in [-0.4, -0.2) is 5.11 Å². The Kier molecular flexibility index (Phi) is 2.84. The van der Waals surface area contributed by atoms with Crippen molar-refractivity contribution in [1.82, 2.24) is 0 Å². The number of phenols is 1. The number of benzene rings is 1. The van der Waals surface area contributed by atoms with Gasteiger partial charge in [0.25, 0.3) is 5.52 Å². The molecule has 2 aromatic rings. The van der Waals surface area contributed by atoms with Gasteiger partial charge in [-0.2, -0.15) is 4.73 Å². The summed E-state index contributed by atoms with van der Waals surface area (Å²) in [5.74, 6) is 0.0168. The van der Waals surface area contributed by atoms with Crippen LogP contribution >= 0.6 is 0 Å². The number of fused-ring (bicyclic) bond motifs is 1. The van der Waals surface area contributed by atoms with Crippen molar-refractivity contribution < 1.29 is 29.3 Å². The molecule has 0 saturated carbocycles. The third-order valence-electron chi connectivity index (χ3n) is 1.76. The maximum absolute atomic E-state index is 11.2. The molecule has 13 heavy (non-hydrogen) atoms. The number of nitrogens with zero attached hydrogens (tertiary/aromatic N) is 1. The summed E-state index contributed by atoms with van der Waals surface area (Å²) < 4.78 is 0.657. The number of phenolic OH excluding ortho intramolecular Hbond substituents is 1. The van der Waals surface area contributed by atoms with Gasteiger partial charge in [0.2, 0.25) is 0 Å². The van der Waals surface area contributed by atoms with Crippen LogP contribution in [0.4, 0.5) is 0 Å². The summed E-state index contributed by atoms with van der Waals surface area (Å²) in [7, 11) is 0. The van der Waals surface area contributed by atoms with Crippen LogP contribution in [0.25, 0.3) is 10.9 Å². The van der Waals surface area contributed by atoms with E-state index in [1.165, 1.54) is 12.3 Å². The van der Waals surface area contributed by atoms with E-state index < -0.39 is 0 Å². The number of rotatable bonds is 0. The second-order valence-electron chi connectivity index (χ2n) is 2.55. The zero-order valence-corrected chi connectivity index (χ0v) is 9.94. The van der Waals surface area contributed by atoms with Gasteiger partial charge in [-0.3, -0.25) is 0 Å². The van der Waals surface area contributed by atoms with Crippen molar-refractivity contribution in [3.05, 3.63) is 41.7 Å². The minimum absolute atomic E-state index is 0. The summed E-state index contributed by atoms with van der Waals surface area (Å²) in [6.45, 7) is 0. The molecule has 0 fully saturated rings. The predicted octanol–water partition coefficient (Wildman–Crippen LogP) is 1.18. The first-order valence-electron chi connectivity index (χ1n) is 3.59. The van der Waals surface area contributed by atoms with Crippen molar-refractivity contribution in [2.45, 2.75) is 0 Å². The normalized spacial score (nSPS) is 9.54.